The van der Waals surface area contributed by atoms with Gasteiger partial charge in [0, 0.05) is 57.1 Å². The van der Waals surface area contributed by atoms with E-state index in [0.29, 0.717) is 12.6 Å². The average molecular weight is 408 g/mol. The summed E-state index contributed by atoms with van der Waals surface area (Å²) in [5.41, 5.74) is 3.12. The molecule has 1 aliphatic rings. The number of carbonyl (C=O) groups excluding carboxylic acids is 1. The lowest BCUT2D eigenvalue weighted by molar-refractivity contribution is 0.0773. The number of rotatable bonds is 7. The molecule has 1 fully saturated rings. The number of benzene rings is 2. The van der Waals surface area contributed by atoms with E-state index in [0.717, 1.165) is 49.7 Å². The predicted molar refractivity (Wildman–Crippen MR) is 124 cm³/mol. The van der Waals surface area contributed by atoms with Crippen LogP contribution in [0.1, 0.15) is 36.2 Å². The maximum absolute atomic E-state index is 12.4. The first-order chi connectivity index (χ1) is 14.6. The van der Waals surface area contributed by atoms with E-state index in [1.807, 2.05) is 49.1 Å². The smallest absolute Gasteiger partial charge is 0.253 e. The van der Waals surface area contributed by atoms with Crippen molar-refractivity contribution < 1.29 is 4.79 Å². The molecule has 2 aromatic rings. The van der Waals surface area contributed by atoms with Crippen molar-refractivity contribution in [1.82, 2.24) is 15.5 Å². The second-order valence-electron chi connectivity index (χ2n) is 7.51. The first-order valence-electron chi connectivity index (χ1n) is 10.8. The van der Waals surface area contributed by atoms with Gasteiger partial charge in [-0.1, -0.05) is 30.3 Å². The minimum Gasteiger partial charge on any atom is -0.369 e. The number of aliphatic imine (C=N–C) groups is 1. The van der Waals surface area contributed by atoms with Gasteiger partial charge in [-0.05, 0) is 50.1 Å². The molecule has 2 N–H and O–H groups in total. The minimum atomic E-state index is 0.0844. The van der Waals surface area contributed by atoms with Gasteiger partial charge >= 0.3 is 0 Å². The number of amides is 1. The number of para-hydroxylation sites is 1. The lowest BCUT2D eigenvalue weighted by Gasteiger charge is -2.20. The van der Waals surface area contributed by atoms with Crippen molar-refractivity contribution in [3.63, 3.8) is 0 Å². The number of anilines is 1. The first kappa shape index (κ1) is 21.7. The molecule has 1 heterocycles. The Morgan fingerprint density at radius 2 is 1.80 bits per heavy atom. The van der Waals surface area contributed by atoms with E-state index in [-0.39, 0.29) is 5.91 Å². The highest BCUT2D eigenvalue weighted by molar-refractivity contribution is 5.94. The van der Waals surface area contributed by atoms with E-state index < -0.39 is 0 Å². The Morgan fingerprint density at radius 3 is 2.43 bits per heavy atom. The second kappa shape index (κ2) is 10.7. The number of hydrogen-bond acceptors (Lipinski definition) is 3. The SMILES string of the molecule is CCN(CC)C(=O)c1ccc(CNC(=NC)NC2CCN(c3ccccc3)C2)cc1. The number of hydrogen-bond donors (Lipinski definition) is 2. The van der Waals surface area contributed by atoms with Crippen LogP contribution in [0.3, 0.4) is 0 Å². The summed E-state index contributed by atoms with van der Waals surface area (Å²) in [5.74, 6) is 0.888. The number of carbonyl (C=O) groups is 1. The Balaban J connectivity index is 1.49. The zero-order valence-electron chi connectivity index (χ0n) is 18.3. The third kappa shape index (κ3) is 5.53. The summed E-state index contributed by atoms with van der Waals surface area (Å²) in [7, 11) is 1.80. The second-order valence-corrected chi connectivity index (χ2v) is 7.51. The topological polar surface area (TPSA) is 60.0 Å². The molecule has 1 atom stereocenters. The van der Waals surface area contributed by atoms with Crippen LogP contribution in [-0.2, 0) is 6.54 Å². The van der Waals surface area contributed by atoms with Crippen molar-refractivity contribution in [2.45, 2.75) is 32.9 Å². The van der Waals surface area contributed by atoms with E-state index in [4.69, 9.17) is 0 Å². The minimum absolute atomic E-state index is 0.0844. The number of nitrogens with zero attached hydrogens (tertiary/aromatic N) is 3. The molecule has 0 radical (unpaired) electrons. The summed E-state index contributed by atoms with van der Waals surface area (Å²) < 4.78 is 0. The Labute approximate surface area is 180 Å². The molecule has 3 rings (SSSR count). The molecule has 0 bridgehead atoms. The summed E-state index contributed by atoms with van der Waals surface area (Å²) in [6.45, 7) is 8.12. The van der Waals surface area contributed by atoms with Crippen molar-refractivity contribution in [2.75, 3.05) is 38.1 Å². The van der Waals surface area contributed by atoms with Crippen molar-refractivity contribution in [1.29, 1.82) is 0 Å². The van der Waals surface area contributed by atoms with Crippen LogP contribution in [0.4, 0.5) is 5.69 Å². The van der Waals surface area contributed by atoms with Gasteiger partial charge in [-0.25, -0.2) is 0 Å². The van der Waals surface area contributed by atoms with Crippen LogP contribution in [0.2, 0.25) is 0 Å². The van der Waals surface area contributed by atoms with E-state index in [2.05, 4.69) is 44.8 Å². The van der Waals surface area contributed by atoms with E-state index in [1.165, 1.54) is 5.69 Å². The predicted octanol–water partition coefficient (Wildman–Crippen LogP) is 3.11. The standard InChI is InChI=1S/C24H33N5O/c1-4-28(5-2)23(30)20-13-11-19(12-14-20)17-26-24(25-3)27-21-15-16-29(18-21)22-9-7-6-8-10-22/h6-14,21H,4-5,15-18H2,1-3H3,(H2,25,26,27). The highest BCUT2D eigenvalue weighted by Crippen LogP contribution is 2.19. The normalized spacial score (nSPS) is 16.4. The number of guanidine groups is 1. The monoisotopic (exact) mass is 407 g/mol. The molecule has 1 unspecified atom stereocenters. The fourth-order valence-corrected chi connectivity index (χ4v) is 3.78. The van der Waals surface area contributed by atoms with Crippen LogP contribution < -0.4 is 15.5 Å². The van der Waals surface area contributed by atoms with Crippen LogP contribution in [0.15, 0.2) is 59.6 Å². The zero-order valence-corrected chi connectivity index (χ0v) is 18.3. The van der Waals surface area contributed by atoms with Gasteiger partial charge in [0.15, 0.2) is 5.96 Å². The molecule has 6 heteroatoms. The van der Waals surface area contributed by atoms with Gasteiger partial charge in [0.05, 0.1) is 0 Å². The number of nitrogens with one attached hydrogen (secondary N) is 2. The van der Waals surface area contributed by atoms with Crippen LogP contribution in [0.5, 0.6) is 0 Å². The van der Waals surface area contributed by atoms with Crippen molar-refractivity contribution in [2.24, 2.45) is 4.99 Å². The quantitative estimate of drug-likeness (QED) is 0.547. The molecule has 2 aromatic carbocycles. The maximum Gasteiger partial charge on any atom is 0.253 e. The lowest BCUT2D eigenvalue weighted by atomic mass is 10.1. The fourth-order valence-electron chi connectivity index (χ4n) is 3.78. The van der Waals surface area contributed by atoms with Crippen molar-refractivity contribution in [3.05, 3.63) is 65.7 Å². The van der Waals surface area contributed by atoms with Crippen molar-refractivity contribution in [3.8, 4) is 0 Å². The Morgan fingerprint density at radius 1 is 1.10 bits per heavy atom. The van der Waals surface area contributed by atoms with Gasteiger partial charge in [0.2, 0.25) is 0 Å². The first-order valence-corrected chi connectivity index (χ1v) is 10.8. The third-order valence-corrected chi connectivity index (χ3v) is 5.59. The molecule has 30 heavy (non-hydrogen) atoms. The molecular formula is C24H33N5O. The zero-order chi connectivity index (χ0) is 21.3. The summed E-state index contributed by atoms with van der Waals surface area (Å²) >= 11 is 0. The van der Waals surface area contributed by atoms with Gasteiger partial charge in [0.1, 0.15) is 0 Å². The van der Waals surface area contributed by atoms with Gasteiger partial charge in [-0.2, -0.15) is 0 Å². The molecule has 1 saturated heterocycles. The lowest BCUT2D eigenvalue weighted by Crippen LogP contribution is -2.44. The highest BCUT2D eigenvalue weighted by Gasteiger charge is 2.23. The molecule has 0 saturated carbocycles. The largest absolute Gasteiger partial charge is 0.369 e. The van der Waals surface area contributed by atoms with Crippen LogP contribution in [0.25, 0.3) is 0 Å². The van der Waals surface area contributed by atoms with Crippen LogP contribution in [-0.4, -0.2) is 56.0 Å². The summed E-state index contributed by atoms with van der Waals surface area (Å²) in [5, 5.41) is 6.92. The van der Waals surface area contributed by atoms with Gasteiger partial charge in [-0.3, -0.25) is 9.79 Å². The van der Waals surface area contributed by atoms with E-state index >= 15 is 0 Å². The fraction of sp³-hybridized carbons (Fsp3) is 0.417. The van der Waals surface area contributed by atoms with E-state index in [9.17, 15) is 4.79 Å². The van der Waals surface area contributed by atoms with Gasteiger partial charge in [0.25, 0.3) is 5.91 Å². The molecule has 0 aliphatic carbocycles. The molecular weight excluding hydrogens is 374 g/mol. The molecule has 1 aliphatic heterocycles. The third-order valence-electron chi connectivity index (χ3n) is 5.59. The molecule has 6 nitrogen and oxygen atoms in total. The van der Waals surface area contributed by atoms with Gasteiger partial charge in [-0.15, -0.1) is 0 Å². The van der Waals surface area contributed by atoms with E-state index in [1.54, 1.807) is 7.05 Å². The summed E-state index contributed by atoms with van der Waals surface area (Å²) in [4.78, 5) is 21.0. The Kier molecular flexibility index (Phi) is 7.71. The summed E-state index contributed by atoms with van der Waals surface area (Å²) in [6, 6.07) is 18.7. The van der Waals surface area contributed by atoms with Crippen molar-refractivity contribution >= 4 is 17.6 Å². The maximum atomic E-state index is 12.4. The van der Waals surface area contributed by atoms with Crippen LogP contribution >= 0.6 is 0 Å². The van der Waals surface area contributed by atoms with Crippen LogP contribution in [0, 0.1) is 0 Å². The van der Waals surface area contributed by atoms with Gasteiger partial charge < -0.3 is 20.4 Å². The highest BCUT2D eigenvalue weighted by atomic mass is 16.2. The molecule has 0 spiro atoms. The Hall–Kier alpha value is -3.02. The average Bonchev–Trinajstić information content (AvgIpc) is 3.27. The molecule has 160 valence electrons. The summed E-state index contributed by atoms with van der Waals surface area (Å²) in [6.07, 6.45) is 1.08. The molecule has 0 aromatic heterocycles. The molecule has 1 amide bonds. The Bertz CT molecular complexity index is 830.